The van der Waals surface area contributed by atoms with Crippen molar-refractivity contribution in [2.75, 3.05) is 46.4 Å². The summed E-state index contributed by atoms with van der Waals surface area (Å²) < 4.78 is 4.54. The molecular weight excluding hydrogens is 1010 g/mol. The molecule has 0 aliphatic carbocycles. The number of methoxy groups -OCH3 is 1. The molecule has 0 aromatic rings. The van der Waals surface area contributed by atoms with Gasteiger partial charge in [-0.25, -0.2) is 4.79 Å². The Balaban J connectivity index is 6.52. The maximum atomic E-state index is 14.1. The van der Waals surface area contributed by atoms with Crippen LogP contribution in [0.1, 0.15) is 85.0 Å². The lowest BCUT2D eigenvalue weighted by Gasteiger charge is -2.28. The summed E-state index contributed by atoms with van der Waals surface area (Å²) in [4.78, 5) is 157. The highest BCUT2D eigenvalue weighted by Gasteiger charge is 2.35. The number of aliphatic carboxylic acids is 1. The third-order valence-corrected chi connectivity index (χ3v) is 10.8. The number of carboxylic acids is 1. The van der Waals surface area contributed by atoms with Gasteiger partial charge in [0.15, 0.2) is 5.96 Å². The largest absolute Gasteiger partial charge is 0.480 e. The van der Waals surface area contributed by atoms with E-state index in [4.69, 9.17) is 33.8 Å². The SMILES string of the molecule is COC(=O)NCCCC[C@H](NC(=O)[C@H](CCCN=C(N)N)NC(=O)C(C)NC(=O)[C@@H](NC(=O)[C@H](CCC(N)=O)NC(=O)[C@@H](N)CCCCN)[C@@H](C)O)C(=O)N[C@@H](CO)C(=O)N[C@H](C(=O)NCC(=O)NCC(=O)O)[C@@H](C)O. The number of ether oxygens (including phenoxy) is 1. The number of aliphatic hydroxyl groups is 3. The average Bonchev–Trinajstić information content (AvgIpc) is 3.35. The lowest BCUT2D eigenvalue weighted by molar-refractivity contribution is -0.138. The number of carbonyl (C=O) groups excluding carboxylic acids is 11. The number of guanidine groups is 1. The van der Waals surface area contributed by atoms with Crippen LogP contribution in [-0.2, 0) is 57.5 Å². The highest BCUT2D eigenvalue weighted by molar-refractivity contribution is 5.98. The number of aliphatic imine (C=N–C) groups is 1. The van der Waals surface area contributed by atoms with Gasteiger partial charge in [-0.05, 0) is 78.7 Å². The van der Waals surface area contributed by atoms with Gasteiger partial charge in [0.2, 0.25) is 59.1 Å². The number of hydrogen-bond donors (Lipinski definition) is 19. The van der Waals surface area contributed by atoms with Crippen LogP contribution < -0.4 is 81.8 Å². The van der Waals surface area contributed by atoms with Crippen LogP contribution in [0.3, 0.4) is 0 Å². The summed E-state index contributed by atoms with van der Waals surface area (Å²) in [5, 5.41) is 62.6. The Labute approximate surface area is 437 Å². The molecule has 0 heterocycles. The van der Waals surface area contributed by atoms with Gasteiger partial charge in [0.25, 0.3) is 0 Å². The van der Waals surface area contributed by atoms with Crippen LogP contribution in [0.5, 0.6) is 0 Å². The Morgan fingerprint density at radius 2 is 1.05 bits per heavy atom. The van der Waals surface area contributed by atoms with E-state index in [1.54, 1.807) is 0 Å². The molecule has 76 heavy (non-hydrogen) atoms. The summed E-state index contributed by atoms with van der Waals surface area (Å²) in [7, 11) is 1.13. The number of hydrogen-bond acceptors (Lipinski definition) is 19. The highest BCUT2D eigenvalue weighted by atomic mass is 16.5. The minimum atomic E-state index is -1.84. The number of nitrogens with one attached hydrogen (secondary N) is 10. The fourth-order valence-electron chi connectivity index (χ4n) is 6.49. The van der Waals surface area contributed by atoms with Crippen LogP contribution in [0, 0.1) is 0 Å². The van der Waals surface area contributed by atoms with Gasteiger partial charge in [-0.15, -0.1) is 0 Å². The summed E-state index contributed by atoms with van der Waals surface area (Å²) in [6.07, 6.45) is -3.47. The van der Waals surface area contributed by atoms with Gasteiger partial charge in [0.1, 0.15) is 48.8 Å². The Bertz CT molecular complexity index is 1990. The van der Waals surface area contributed by atoms with Crippen LogP contribution in [0.4, 0.5) is 4.79 Å². The number of unbranched alkanes of at least 4 members (excludes halogenated alkanes) is 2. The first-order chi connectivity index (χ1) is 35.7. The zero-order valence-electron chi connectivity index (χ0n) is 43.0. The van der Waals surface area contributed by atoms with Crippen LogP contribution in [-0.4, -0.2) is 205 Å². The molecule has 0 aromatic heterocycles. The fourth-order valence-corrected chi connectivity index (χ4v) is 6.49. The van der Waals surface area contributed by atoms with E-state index in [-0.39, 0.29) is 70.4 Å². The third kappa shape index (κ3) is 28.8. The highest BCUT2D eigenvalue weighted by Crippen LogP contribution is 2.08. The molecule has 33 nitrogen and oxygen atoms in total. The second-order valence-electron chi connectivity index (χ2n) is 17.3. The van der Waals surface area contributed by atoms with Gasteiger partial charge >= 0.3 is 12.1 Å². The van der Waals surface area contributed by atoms with Crippen LogP contribution in [0.15, 0.2) is 4.99 Å². The van der Waals surface area contributed by atoms with Crippen molar-refractivity contribution in [1.29, 1.82) is 0 Å². The van der Waals surface area contributed by atoms with E-state index < -0.39 is 151 Å². The predicted octanol–water partition coefficient (Wildman–Crippen LogP) is -9.23. The number of carbonyl (C=O) groups is 12. The Morgan fingerprint density at radius 3 is 1.58 bits per heavy atom. The molecule has 11 amide bonds. The van der Waals surface area contributed by atoms with E-state index in [0.717, 1.165) is 21.0 Å². The number of aliphatic hydroxyl groups excluding tert-OH is 3. The van der Waals surface area contributed by atoms with E-state index in [1.165, 1.54) is 6.92 Å². The zero-order valence-corrected chi connectivity index (χ0v) is 43.0. The second kappa shape index (κ2) is 37.3. The lowest BCUT2D eigenvalue weighted by atomic mass is 10.0. The molecule has 432 valence electrons. The van der Waals surface area contributed by atoms with Crippen molar-refractivity contribution in [2.24, 2.45) is 33.7 Å². The fraction of sp³-hybridized carbons (Fsp3) is 0.698. The van der Waals surface area contributed by atoms with E-state index in [1.807, 2.05) is 5.32 Å². The minimum absolute atomic E-state index is 0.0348. The third-order valence-electron chi connectivity index (χ3n) is 10.8. The summed E-state index contributed by atoms with van der Waals surface area (Å²) in [5.74, 6) is -11.7. The molecular formula is C43H78N16O17. The normalized spacial score (nSPS) is 14.8. The average molecular weight is 1090 g/mol. The monoisotopic (exact) mass is 1090 g/mol. The number of amides is 11. The van der Waals surface area contributed by atoms with Gasteiger partial charge < -0.3 is 107 Å². The molecule has 0 aliphatic rings. The Hall–Kier alpha value is -7.49. The van der Waals surface area contributed by atoms with Gasteiger partial charge in [0.05, 0.1) is 38.5 Å². The first-order valence-electron chi connectivity index (χ1n) is 24.2. The number of alkyl carbamates (subject to hydrolysis) is 1. The van der Waals surface area contributed by atoms with Gasteiger partial charge in [0, 0.05) is 19.5 Å². The van der Waals surface area contributed by atoms with Crippen molar-refractivity contribution < 1.29 is 82.7 Å². The molecule has 0 rings (SSSR count). The number of rotatable bonds is 38. The molecule has 0 radical (unpaired) electrons. The van der Waals surface area contributed by atoms with Crippen molar-refractivity contribution >= 4 is 77.1 Å². The van der Waals surface area contributed by atoms with Crippen LogP contribution in [0.25, 0.3) is 0 Å². The molecule has 0 aliphatic heterocycles. The topological polar surface area (TPSA) is 558 Å². The molecule has 0 saturated heterocycles. The molecule has 0 fully saturated rings. The standard InChI is InChI=1S/C43H78N16O17/c1-21(53-41(74)33(23(3)62)59-38(71)27(13-14-29(46)63)55-35(68)24(45)10-5-7-15-44)34(67)54-26(12-9-17-49-42(47)48)36(69)56-25(11-6-8-16-50-43(75)76-4)37(70)57-28(20-60)39(72)58-32(22(2)61)40(73)52-18-30(64)51-19-31(65)66/h21-28,32-33,60-62H,5-20,44-45H2,1-4H3,(H2,46,63)(H,50,75)(H,51,64)(H,52,73)(H,53,74)(H,54,67)(H,55,68)(H,56,69)(H,57,70)(H,58,72)(H,59,71)(H,65,66)(H4,47,48,49)/t21?,22-,23-,24+,25+,26+,27+,28+,32+,33+/m1/s1. The first-order valence-corrected chi connectivity index (χ1v) is 24.2. The van der Waals surface area contributed by atoms with E-state index in [2.05, 4.69) is 57.6 Å². The number of nitrogens with two attached hydrogens (primary N) is 5. The van der Waals surface area contributed by atoms with Crippen molar-refractivity contribution in [2.45, 2.75) is 146 Å². The number of nitrogens with zero attached hydrogens (tertiary/aromatic N) is 1. The van der Waals surface area contributed by atoms with Gasteiger partial charge in [-0.3, -0.25) is 57.7 Å². The van der Waals surface area contributed by atoms with Gasteiger partial charge in [-0.1, -0.05) is 6.42 Å². The molecule has 0 saturated carbocycles. The van der Waals surface area contributed by atoms with E-state index >= 15 is 0 Å². The number of carboxylic acid groups (broad SMARTS) is 1. The zero-order chi connectivity index (χ0) is 58.1. The number of primary amides is 1. The lowest BCUT2D eigenvalue weighted by Crippen LogP contribution is -2.61. The van der Waals surface area contributed by atoms with Gasteiger partial charge in [-0.2, -0.15) is 0 Å². The predicted molar refractivity (Wildman–Crippen MR) is 267 cm³/mol. The summed E-state index contributed by atoms with van der Waals surface area (Å²) in [5.41, 5.74) is 27.6. The minimum Gasteiger partial charge on any atom is -0.480 e. The van der Waals surface area contributed by atoms with Crippen molar-refractivity contribution in [1.82, 2.24) is 53.2 Å². The van der Waals surface area contributed by atoms with E-state index in [0.29, 0.717) is 19.4 Å². The second-order valence-corrected chi connectivity index (χ2v) is 17.3. The smallest absolute Gasteiger partial charge is 0.406 e. The maximum Gasteiger partial charge on any atom is 0.406 e. The molecule has 0 aromatic carbocycles. The Morgan fingerprint density at radius 1 is 0.553 bits per heavy atom. The van der Waals surface area contributed by atoms with Crippen LogP contribution >= 0.6 is 0 Å². The van der Waals surface area contributed by atoms with Crippen molar-refractivity contribution in [3.8, 4) is 0 Å². The molecule has 1 unspecified atom stereocenters. The molecule has 10 atom stereocenters. The maximum absolute atomic E-state index is 14.1. The quantitative estimate of drug-likeness (QED) is 0.0155. The molecule has 0 bridgehead atoms. The van der Waals surface area contributed by atoms with E-state index in [9.17, 15) is 72.9 Å². The molecule has 24 N–H and O–H groups in total. The van der Waals surface area contributed by atoms with Crippen molar-refractivity contribution in [3.05, 3.63) is 0 Å². The summed E-state index contributed by atoms with van der Waals surface area (Å²) in [6.45, 7) is 1.15. The first kappa shape index (κ1) is 68.5. The molecule has 0 spiro atoms. The van der Waals surface area contributed by atoms with Crippen molar-refractivity contribution in [3.63, 3.8) is 0 Å². The Kier molecular flexibility index (Phi) is 33.6. The van der Waals surface area contributed by atoms with Crippen LogP contribution in [0.2, 0.25) is 0 Å². The summed E-state index contributed by atoms with van der Waals surface area (Å²) in [6, 6.07) is -12.5. The summed E-state index contributed by atoms with van der Waals surface area (Å²) >= 11 is 0. The molecule has 33 heteroatoms.